The third-order valence-corrected chi connectivity index (χ3v) is 17.1. The first-order valence-electron chi connectivity index (χ1n) is 35.3. The molecule has 0 fully saturated rings. The second-order valence-electron chi connectivity index (χ2n) is 26.1. The molecule has 0 radical (unpaired) electrons. The average Bonchev–Trinajstić information content (AvgIpc) is 1.30. The van der Waals surface area contributed by atoms with Crippen LogP contribution >= 0.6 is 0 Å². The highest BCUT2D eigenvalue weighted by atomic mass is 16.4. The average molecular weight is 1580 g/mol. The zero-order valence-corrected chi connectivity index (χ0v) is 61.4. The van der Waals surface area contributed by atoms with Gasteiger partial charge in [0.25, 0.3) is 0 Å². The number of rotatable bonds is 51. The van der Waals surface area contributed by atoms with Crippen LogP contribution in [0.15, 0.2) is 80.4 Å². The Labute approximate surface area is 643 Å². The molecule has 0 spiro atoms. The molecule has 13 atom stereocenters. The van der Waals surface area contributed by atoms with Crippen molar-refractivity contribution in [3.05, 3.63) is 109 Å². The van der Waals surface area contributed by atoms with Crippen molar-refractivity contribution in [3.63, 3.8) is 0 Å². The summed E-state index contributed by atoms with van der Waals surface area (Å²) >= 11 is 0. The first-order chi connectivity index (χ1) is 53.6. The topological polar surface area (TPSA) is 770 Å². The molecule has 0 aliphatic rings. The van der Waals surface area contributed by atoms with E-state index in [9.17, 15) is 91.7 Å². The maximum Gasteiger partial charge on any atom is 0.326 e. The number of carboxylic acids is 2. The molecule has 0 saturated heterocycles. The van der Waals surface area contributed by atoms with Crippen LogP contribution in [-0.4, -0.2) is 236 Å². The van der Waals surface area contributed by atoms with Crippen LogP contribution in [0.5, 0.6) is 0 Å². The van der Waals surface area contributed by atoms with Gasteiger partial charge in [0.2, 0.25) is 88.6 Å². The highest BCUT2D eigenvalue weighted by Gasteiger charge is 2.39. The van der Waals surface area contributed by atoms with Gasteiger partial charge in [0.05, 0.1) is 73.4 Å². The Kier molecular flexibility index (Phi) is 36.0. The lowest BCUT2D eigenvalue weighted by atomic mass is 9.97. The molecule has 0 unspecified atom stereocenters. The Bertz CT molecular complexity index is 4090. The van der Waals surface area contributed by atoms with Gasteiger partial charge in [0.1, 0.15) is 66.5 Å². The maximum atomic E-state index is 14.8. The van der Waals surface area contributed by atoms with Crippen LogP contribution in [0.1, 0.15) is 106 Å². The summed E-state index contributed by atoms with van der Waals surface area (Å²) in [6.45, 7) is 3.34. The van der Waals surface area contributed by atoms with Gasteiger partial charge >= 0.3 is 11.9 Å². The number of benzene rings is 1. The summed E-state index contributed by atoms with van der Waals surface area (Å²) in [6, 6.07) is -12.7. The fraction of sp³-hybridized carbons (Fsp3) is 0.463. The normalized spacial score (nSPS) is 14.4. The van der Waals surface area contributed by atoms with E-state index < -0.39 is 243 Å². The minimum absolute atomic E-state index is 0.0523. The highest BCUT2D eigenvalue weighted by molar-refractivity contribution is 6.01. The molecule has 0 aliphatic heterocycles. The van der Waals surface area contributed by atoms with Crippen molar-refractivity contribution in [3.8, 4) is 0 Å². The van der Waals surface area contributed by atoms with Gasteiger partial charge < -0.3 is 128 Å². The van der Waals surface area contributed by atoms with Crippen molar-refractivity contribution < 1.29 is 91.7 Å². The van der Waals surface area contributed by atoms with Gasteiger partial charge in [0, 0.05) is 76.3 Å². The molecule has 0 aliphatic carbocycles. The molecule has 4 aromatic heterocycles. The number of nitrogens with one attached hydrogen (secondary N) is 17. The number of aliphatic carboxylic acids is 2. The zero-order chi connectivity index (χ0) is 83.4. The zero-order valence-electron chi connectivity index (χ0n) is 61.4. The first kappa shape index (κ1) is 89.9. The lowest BCUT2D eigenvalue weighted by Gasteiger charge is -2.28. The molecule has 4 heterocycles. The molecule has 46 nitrogen and oxygen atoms in total. The molecule has 113 heavy (non-hydrogen) atoms. The predicted molar refractivity (Wildman–Crippen MR) is 391 cm³/mol. The van der Waals surface area contributed by atoms with Crippen LogP contribution in [0.3, 0.4) is 0 Å². The summed E-state index contributed by atoms with van der Waals surface area (Å²) in [5.41, 5.74) is 34.0. The van der Waals surface area contributed by atoms with Crippen molar-refractivity contribution in [2.75, 3.05) is 6.54 Å². The fourth-order valence-electron chi connectivity index (χ4n) is 11.0. The quantitative estimate of drug-likeness (QED) is 0.00976. The van der Waals surface area contributed by atoms with Crippen LogP contribution in [-0.2, 0) is 114 Å². The number of aromatic amines is 4. The minimum Gasteiger partial charge on any atom is -0.481 e. The van der Waals surface area contributed by atoms with E-state index in [1.807, 2.05) is 0 Å². The van der Waals surface area contributed by atoms with Gasteiger partial charge in [-0.15, -0.1) is 0 Å². The number of nitrogens with two attached hydrogens (primary N) is 6. The summed E-state index contributed by atoms with van der Waals surface area (Å²) in [4.78, 5) is 259. The van der Waals surface area contributed by atoms with Gasteiger partial charge in [-0.05, 0) is 37.2 Å². The Hall–Kier alpha value is -13.7. The SMILES string of the molecule is CC[C@H](C)[C@H](NC(=O)[C@@H](N)CC(N)=O)C(=O)N[C@@H](Cc1c[nH]cn1)C(=O)N[C@@H](CCC(N)=O)C(=O)N[C@@H](CC(=O)O)C(=O)N[C@@H](CCC(N)=O)C(=O)N[C@@H](Cc1c[nH]cn1)C(=O)N[C@@H](CC(N)=O)C(=O)N[C@@H](Cc1c[nH]cn1)C(=O)N[C@@H](Cc1ccccc1)C(=O)N[C@@H](Cc1c[nH]cn1)C(=O)N[C@@H](CCCNC(=N)N)C(=O)O. The van der Waals surface area contributed by atoms with Crippen LogP contribution < -0.4 is 98.2 Å². The Morgan fingerprint density at radius 1 is 0.407 bits per heavy atom. The molecular formula is C67H95N27O19. The van der Waals surface area contributed by atoms with E-state index in [0.717, 1.165) is 0 Å². The number of imidazole rings is 4. The number of hydrogen-bond acceptors (Lipinski definition) is 23. The van der Waals surface area contributed by atoms with E-state index in [1.165, 1.54) is 50.1 Å². The lowest BCUT2D eigenvalue weighted by molar-refractivity contribution is -0.142. The van der Waals surface area contributed by atoms with Crippen molar-refractivity contribution in [2.45, 2.75) is 183 Å². The number of H-pyrrole nitrogens is 4. The van der Waals surface area contributed by atoms with E-state index in [4.69, 9.17) is 39.8 Å². The summed E-state index contributed by atoms with van der Waals surface area (Å²) in [5, 5.41) is 56.5. The maximum absolute atomic E-state index is 14.8. The third-order valence-electron chi connectivity index (χ3n) is 17.1. The summed E-state index contributed by atoms with van der Waals surface area (Å²) < 4.78 is 0. The van der Waals surface area contributed by atoms with E-state index in [2.05, 4.69) is 104 Å². The molecule has 5 aromatic rings. The number of hydrogen-bond donors (Lipinski definition) is 25. The van der Waals surface area contributed by atoms with Gasteiger partial charge in [-0.1, -0.05) is 50.6 Å². The molecule has 5 rings (SSSR count). The van der Waals surface area contributed by atoms with Gasteiger partial charge in [-0.3, -0.25) is 82.1 Å². The molecule has 612 valence electrons. The lowest BCUT2D eigenvalue weighted by Crippen LogP contribution is -2.62. The number of guanidine groups is 1. The Morgan fingerprint density at radius 2 is 0.743 bits per heavy atom. The first-order valence-corrected chi connectivity index (χ1v) is 35.3. The number of carbonyl (C=O) groups is 17. The van der Waals surface area contributed by atoms with Crippen molar-refractivity contribution in [1.29, 1.82) is 5.41 Å². The van der Waals surface area contributed by atoms with Crippen molar-refractivity contribution in [2.24, 2.45) is 40.3 Å². The number of aromatic nitrogens is 8. The molecule has 0 bridgehead atoms. The van der Waals surface area contributed by atoms with E-state index in [1.54, 1.807) is 44.2 Å². The Balaban J connectivity index is 1.42. The predicted octanol–water partition coefficient (Wildman–Crippen LogP) is -9.10. The molecule has 1 aromatic carbocycles. The van der Waals surface area contributed by atoms with Gasteiger partial charge in [-0.2, -0.15) is 0 Å². The fourth-order valence-corrected chi connectivity index (χ4v) is 11.0. The van der Waals surface area contributed by atoms with Crippen molar-refractivity contribution in [1.82, 2.24) is 104 Å². The van der Waals surface area contributed by atoms with Gasteiger partial charge in [-0.25, -0.2) is 24.7 Å². The number of primary amides is 4. The number of carbonyl (C=O) groups excluding carboxylic acids is 15. The Morgan fingerprint density at radius 3 is 1.08 bits per heavy atom. The second kappa shape index (κ2) is 45.3. The summed E-state index contributed by atoms with van der Waals surface area (Å²) in [6.07, 6.45) is 3.10. The second-order valence-corrected chi connectivity index (χ2v) is 26.1. The van der Waals surface area contributed by atoms with E-state index >= 15 is 0 Å². The van der Waals surface area contributed by atoms with Crippen LogP contribution in [0.2, 0.25) is 0 Å². The largest absolute Gasteiger partial charge is 0.481 e. The van der Waals surface area contributed by atoms with E-state index in [0.29, 0.717) is 5.56 Å². The minimum atomic E-state index is -2.19. The van der Waals surface area contributed by atoms with E-state index in [-0.39, 0.29) is 67.4 Å². The molecular weight excluding hydrogens is 1490 g/mol. The molecule has 31 N–H and O–H groups in total. The van der Waals surface area contributed by atoms with Crippen LogP contribution in [0, 0.1) is 11.3 Å². The van der Waals surface area contributed by atoms with Crippen LogP contribution in [0.4, 0.5) is 0 Å². The third kappa shape index (κ3) is 31.8. The highest BCUT2D eigenvalue weighted by Crippen LogP contribution is 2.15. The molecule has 15 amide bonds. The monoisotopic (exact) mass is 1580 g/mol. The smallest absolute Gasteiger partial charge is 0.326 e. The number of nitrogens with zero attached hydrogens (tertiary/aromatic N) is 4. The van der Waals surface area contributed by atoms with Crippen LogP contribution in [0.25, 0.3) is 0 Å². The van der Waals surface area contributed by atoms with Crippen molar-refractivity contribution >= 4 is 107 Å². The standard InChI is InChI=1S/C67H95N27O19/c1-3-32(2)54(94-55(101)38(68)21-51(71)97)65(111)93-46(20-37-27-78-31-83-37)59(105)84-40(12-14-50(70)96)57(103)92-48(23-53(99)100)64(110)85-39(11-13-49(69)95)56(102)88-44(18-35-25-76-29-81-35)62(108)91-47(22-52(72)98)63(109)90-45(19-36-26-77-30-82-36)61(107)87-42(16-33-8-5-4-6-9-33)58(104)89-43(17-34-24-75-28-80-34)60(106)86-41(66(112)113)10-7-15-79-67(73)74/h4-6,8-9,24-32,38-48,54H,3,7,10-23,68H2,1-2H3,(H2,69,95)(H2,70,96)(H2,71,97)(H2,72,98)(H,75,80)(H,76,81)(H,77,82)(H,78,83)(H,84,105)(H,85,110)(H,86,106)(H,87,107)(H,88,102)(H,89,104)(H,90,109)(H,91,108)(H,92,103)(H,93,111)(H,94,101)(H,99,100)(H,112,113)(H4,73,74,79)/t32-,38-,39-,40-,41-,42-,43-,44-,45-,46-,47-,48-,54-/m0/s1. The molecule has 46 heteroatoms. The number of amides is 15. The summed E-state index contributed by atoms with van der Waals surface area (Å²) in [5.74, 6) is -21.1. The summed E-state index contributed by atoms with van der Waals surface area (Å²) in [7, 11) is 0. The molecule has 0 saturated carbocycles. The number of carboxylic acid groups (broad SMARTS) is 2. The van der Waals surface area contributed by atoms with Gasteiger partial charge in [0.15, 0.2) is 5.96 Å².